The van der Waals surface area contributed by atoms with E-state index in [1.54, 1.807) is 10.9 Å². The minimum absolute atomic E-state index is 0.115. The van der Waals surface area contributed by atoms with E-state index in [0.717, 1.165) is 40.3 Å². The second-order valence-corrected chi connectivity index (χ2v) is 9.65. The molecule has 1 atom stereocenters. The predicted molar refractivity (Wildman–Crippen MR) is 159 cm³/mol. The molecular weight excluding hydrogens is 482 g/mol. The molecule has 0 amide bonds. The van der Waals surface area contributed by atoms with Gasteiger partial charge in [-0.3, -0.25) is 14.5 Å². The van der Waals surface area contributed by atoms with Crippen LogP contribution < -0.4 is 10.6 Å². The topological polar surface area (TPSA) is 54.9 Å². The van der Waals surface area contributed by atoms with Gasteiger partial charge in [0.25, 0.3) is 5.56 Å². The van der Waals surface area contributed by atoms with Crippen LogP contribution in [-0.2, 0) is 7.05 Å². The minimum Gasteiger partial charge on any atom is -0.283 e. The van der Waals surface area contributed by atoms with E-state index in [4.69, 9.17) is 5.10 Å². The molecule has 39 heavy (non-hydrogen) atoms. The first-order chi connectivity index (χ1) is 19.1. The highest BCUT2D eigenvalue weighted by Crippen LogP contribution is 2.36. The highest BCUT2D eigenvalue weighted by molar-refractivity contribution is 6.03. The molecule has 6 heteroatoms. The molecule has 0 bridgehead atoms. The molecule has 1 aliphatic rings. The summed E-state index contributed by atoms with van der Waals surface area (Å²) in [5.74, 6) is 0. The zero-order valence-corrected chi connectivity index (χ0v) is 22.0. The average Bonchev–Trinajstić information content (AvgIpc) is 3.53. The lowest BCUT2D eigenvalue weighted by atomic mass is 9.98. The Morgan fingerprint density at radius 3 is 2.08 bits per heavy atom. The van der Waals surface area contributed by atoms with E-state index < -0.39 is 0 Å². The molecule has 0 saturated heterocycles. The number of hydrogen-bond acceptors (Lipinski definition) is 4. The van der Waals surface area contributed by atoms with Crippen LogP contribution >= 0.6 is 0 Å². The summed E-state index contributed by atoms with van der Waals surface area (Å²) >= 11 is 0. The third-order valence-electron chi connectivity index (χ3n) is 7.23. The van der Waals surface area contributed by atoms with Crippen LogP contribution in [0.1, 0.15) is 34.8 Å². The lowest BCUT2D eigenvalue weighted by Crippen LogP contribution is -2.19. The second kappa shape index (κ2) is 10.4. The highest BCUT2D eigenvalue weighted by atomic mass is 16.1. The van der Waals surface area contributed by atoms with Crippen LogP contribution in [-0.4, -0.2) is 21.3 Å². The van der Waals surface area contributed by atoms with E-state index in [-0.39, 0.29) is 11.6 Å². The van der Waals surface area contributed by atoms with Crippen LogP contribution in [0.3, 0.4) is 0 Å². The molecule has 2 heterocycles. The van der Waals surface area contributed by atoms with Crippen molar-refractivity contribution in [1.82, 2.24) is 9.36 Å². The highest BCUT2D eigenvalue weighted by Gasteiger charge is 2.29. The van der Waals surface area contributed by atoms with Gasteiger partial charge in [0, 0.05) is 19.7 Å². The Hall–Kier alpha value is -4.97. The number of aromatic nitrogens is 2. The summed E-state index contributed by atoms with van der Waals surface area (Å²) in [6, 6.07) is 38.8. The number of hydrazone groups is 1. The number of rotatable bonds is 6. The van der Waals surface area contributed by atoms with Crippen molar-refractivity contribution in [1.29, 1.82) is 0 Å². The summed E-state index contributed by atoms with van der Waals surface area (Å²) in [6.45, 7) is 1.91. The summed E-state index contributed by atoms with van der Waals surface area (Å²) < 4.78 is 3.48. The molecule has 0 fully saturated rings. The third-order valence-corrected chi connectivity index (χ3v) is 7.23. The number of para-hydroxylation sites is 1. The summed E-state index contributed by atoms with van der Waals surface area (Å²) in [6.07, 6.45) is 2.58. The molecule has 0 aliphatic carbocycles. The van der Waals surface area contributed by atoms with Crippen molar-refractivity contribution < 1.29 is 0 Å². The van der Waals surface area contributed by atoms with Gasteiger partial charge in [0.1, 0.15) is 0 Å². The fraction of sp³-hybridized carbons (Fsp3) is 0.121. The monoisotopic (exact) mass is 511 g/mol. The number of benzene rings is 4. The molecule has 1 aromatic heterocycles. The van der Waals surface area contributed by atoms with Gasteiger partial charge in [-0.2, -0.15) is 5.10 Å². The van der Waals surface area contributed by atoms with Gasteiger partial charge in [0.15, 0.2) is 5.69 Å². The lowest BCUT2D eigenvalue weighted by molar-refractivity contribution is 0.630. The SMILES string of the molecule is Cc1c(N=Cc2ccc(N3N=C(c4ccccc4)C[C@@H]3c3ccccc3)cc2)c(=O)n(-c2ccccc2)n1C. The van der Waals surface area contributed by atoms with Gasteiger partial charge in [-0.25, -0.2) is 9.67 Å². The van der Waals surface area contributed by atoms with E-state index >= 15 is 0 Å². The van der Waals surface area contributed by atoms with Crippen molar-refractivity contribution in [3.8, 4) is 5.69 Å². The van der Waals surface area contributed by atoms with E-state index in [0.29, 0.717) is 5.69 Å². The molecule has 6 rings (SSSR count). The number of nitrogens with zero attached hydrogens (tertiary/aromatic N) is 5. The molecule has 0 unspecified atom stereocenters. The Kier molecular flexibility index (Phi) is 6.51. The van der Waals surface area contributed by atoms with Crippen LogP contribution in [0.2, 0.25) is 0 Å². The second-order valence-electron chi connectivity index (χ2n) is 9.65. The zero-order valence-electron chi connectivity index (χ0n) is 22.0. The van der Waals surface area contributed by atoms with E-state index in [1.165, 1.54) is 5.56 Å². The molecule has 0 saturated carbocycles. The van der Waals surface area contributed by atoms with Crippen LogP contribution in [0.5, 0.6) is 0 Å². The number of anilines is 1. The van der Waals surface area contributed by atoms with Gasteiger partial charge in [-0.1, -0.05) is 91.0 Å². The molecule has 5 aromatic rings. The Morgan fingerprint density at radius 2 is 1.41 bits per heavy atom. The van der Waals surface area contributed by atoms with Gasteiger partial charge < -0.3 is 0 Å². The van der Waals surface area contributed by atoms with Crippen molar-refractivity contribution in [2.24, 2.45) is 17.1 Å². The quantitative estimate of drug-likeness (QED) is 0.242. The zero-order chi connectivity index (χ0) is 26.8. The summed E-state index contributed by atoms with van der Waals surface area (Å²) in [5.41, 5.74) is 7.28. The fourth-order valence-corrected chi connectivity index (χ4v) is 5.04. The Morgan fingerprint density at radius 1 is 0.795 bits per heavy atom. The maximum absolute atomic E-state index is 13.2. The van der Waals surface area contributed by atoms with E-state index in [1.807, 2.05) is 73.3 Å². The molecule has 1 aliphatic heterocycles. The van der Waals surface area contributed by atoms with Crippen molar-refractivity contribution in [3.05, 3.63) is 148 Å². The Labute approximate surface area is 227 Å². The van der Waals surface area contributed by atoms with Crippen LogP contribution in [0.4, 0.5) is 11.4 Å². The molecule has 0 N–H and O–H groups in total. The van der Waals surface area contributed by atoms with Gasteiger partial charge >= 0.3 is 0 Å². The molecule has 0 radical (unpaired) electrons. The summed E-state index contributed by atoms with van der Waals surface area (Å²) in [7, 11) is 1.88. The lowest BCUT2D eigenvalue weighted by Gasteiger charge is -2.24. The molecular formula is C33H29N5O. The van der Waals surface area contributed by atoms with Crippen molar-refractivity contribution >= 4 is 23.3 Å². The maximum Gasteiger partial charge on any atom is 0.297 e. The summed E-state index contributed by atoms with van der Waals surface area (Å²) in [4.78, 5) is 17.8. The maximum atomic E-state index is 13.2. The van der Waals surface area contributed by atoms with Crippen molar-refractivity contribution in [3.63, 3.8) is 0 Å². The molecule has 192 valence electrons. The normalized spacial score (nSPS) is 15.2. The Balaban J connectivity index is 1.29. The summed E-state index contributed by atoms with van der Waals surface area (Å²) in [5, 5.41) is 7.15. The number of hydrogen-bond donors (Lipinski definition) is 0. The van der Waals surface area contributed by atoms with Gasteiger partial charge in [0.2, 0.25) is 0 Å². The van der Waals surface area contributed by atoms with Crippen LogP contribution in [0.25, 0.3) is 5.69 Å². The first kappa shape index (κ1) is 24.4. The average molecular weight is 512 g/mol. The van der Waals surface area contributed by atoms with Crippen LogP contribution in [0, 0.1) is 6.92 Å². The molecule has 4 aromatic carbocycles. The van der Waals surface area contributed by atoms with Crippen molar-refractivity contribution in [2.75, 3.05) is 5.01 Å². The van der Waals surface area contributed by atoms with Gasteiger partial charge in [-0.05, 0) is 47.9 Å². The van der Waals surface area contributed by atoms with Crippen LogP contribution in [0.15, 0.2) is 130 Å². The smallest absolute Gasteiger partial charge is 0.283 e. The largest absolute Gasteiger partial charge is 0.297 e. The van der Waals surface area contributed by atoms with Crippen molar-refractivity contribution in [2.45, 2.75) is 19.4 Å². The predicted octanol–water partition coefficient (Wildman–Crippen LogP) is 6.59. The van der Waals surface area contributed by atoms with Gasteiger partial charge in [0.05, 0.1) is 28.8 Å². The van der Waals surface area contributed by atoms with Gasteiger partial charge in [-0.15, -0.1) is 0 Å². The van der Waals surface area contributed by atoms with E-state index in [9.17, 15) is 4.79 Å². The van der Waals surface area contributed by atoms with E-state index in [2.05, 4.69) is 70.7 Å². The molecule has 6 nitrogen and oxygen atoms in total. The first-order valence-corrected chi connectivity index (χ1v) is 13.1. The minimum atomic E-state index is -0.139. The fourth-order valence-electron chi connectivity index (χ4n) is 5.04. The number of aliphatic imine (C=N–C) groups is 1. The molecule has 0 spiro atoms. The standard InChI is InChI=1S/C33H29N5O/c1-24-32(33(39)38(36(24)2)29-16-10-5-11-17-29)34-23-25-18-20-28(21-19-25)37-31(27-14-8-4-9-15-27)22-30(35-37)26-12-6-3-7-13-26/h3-21,23,31H,22H2,1-2H3/t31-/m1/s1. The Bertz CT molecular complexity index is 1700. The third kappa shape index (κ3) is 4.73. The first-order valence-electron chi connectivity index (χ1n) is 13.1.